The molecule has 1 unspecified atom stereocenters. The van der Waals surface area contributed by atoms with Crippen molar-refractivity contribution in [2.45, 2.75) is 19.4 Å². The Morgan fingerprint density at radius 3 is 2.65 bits per heavy atom. The first kappa shape index (κ1) is 12.2. The molecule has 0 saturated carbocycles. The van der Waals surface area contributed by atoms with Gasteiger partial charge in [-0.25, -0.2) is 0 Å². The largest absolute Gasteiger partial charge is 0.324 e. The number of hydrogen-bond donors (Lipinski definition) is 1. The van der Waals surface area contributed by atoms with Crippen molar-refractivity contribution in [3.05, 3.63) is 58.1 Å². The molecule has 2 heterocycles. The van der Waals surface area contributed by atoms with Gasteiger partial charge in [0.25, 0.3) is 0 Å². The van der Waals surface area contributed by atoms with Crippen LogP contribution in [0.15, 0.2) is 41.4 Å². The Morgan fingerprint density at radius 1 is 1.18 bits per heavy atom. The summed E-state index contributed by atoms with van der Waals surface area (Å²) in [6.45, 7) is 2.02. The molecule has 17 heavy (non-hydrogen) atoms. The van der Waals surface area contributed by atoms with Gasteiger partial charge in [0.15, 0.2) is 0 Å². The molecule has 0 aromatic carbocycles. The van der Waals surface area contributed by atoms with Gasteiger partial charge in [-0.2, -0.15) is 0 Å². The second-order valence-corrected chi connectivity index (χ2v) is 5.03. The minimum Gasteiger partial charge on any atom is -0.324 e. The molecule has 0 aliphatic rings. The first-order valence-corrected chi connectivity index (χ1v) is 6.21. The number of hydrogen-bond acceptors (Lipinski definition) is 3. The molecule has 0 fully saturated rings. The van der Waals surface area contributed by atoms with Crippen LogP contribution < -0.4 is 5.73 Å². The van der Waals surface area contributed by atoms with Gasteiger partial charge >= 0.3 is 0 Å². The molecule has 2 N–H and O–H groups in total. The van der Waals surface area contributed by atoms with Gasteiger partial charge in [0, 0.05) is 35.3 Å². The summed E-state index contributed by atoms with van der Waals surface area (Å²) in [7, 11) is 0. The lowest BCUT2D eigenvalue weighted by atomic mass is 10.0. The zero-order valence-corrected chi connectivity index (χ0v) is 11.2. The lowest BCUT2D eigenvalue weighted by molar-refractivity contribution is 0.714. The molecule has 1 atom stereocenters. The van der Waals surface area contributed by atoms with Crippen LogP contribution in [0.5, 0.6) is 0 Å². The van der Waals surface area contributed by atoms with Gasteiger partial charge in [-0.3, -0.25) is 9.97 Å². The smallest absolute Gasteiger partial charge is 0.0410 e. The Labute approximate surface area is 109 Å². The quantitative estimate of drug-likeness (QED) is 0.946. The summed E-state index contributed by atoms with van der Waals surface area (Å²) >= 11 is 3.40. The van der Waals surface area contributed by atoms with Crippen molar-refractivity contribution in [3.8, 4) is 0 Å². The number of aromatic nitrogens is 2. The van der Waals surface area contributed by atoms with Gasteiger partial charge in [-0.05, 0) is 52.0 Å². The van der Waals surface area contributed by atoms with E-state index in [0.717, 1.165) is 27.6 Å². The average molecular weight is 292 g/mol. The molecule has 0 radical (unpaired) electrons. The molecule has 2 aromatic rings. The summed E-state index contributed by atoms with van der Waals surface area (Å²) in [6.07, 6.45) is 8.02. The molecule has 0 bridgehead atoms. The summed E-state index contributed by atoms with van der Waals surface area (Å²) in [6, 6.07) is 4.07. The number of pyridine rings is 2. The zero-order valence-electron chi connectivity index (χ0n) is 9.60. The van der Waals surface area contributed by atoms with E-state index in [1.165, 1.54) is 0 Å². The lowest BCUT2D eigenvalue weighted by Crippen LogP contribution is -2.14. The molecule has 0 spiro atoms. The number of nitrogens with two attached hydrogens (primary N) is 1. The van der Waals surface area contributed by atoms with Gasteiger partial charge in [0.05, 0.1) is 0 Å². The van der Waals surface area contributed by atoms with E-state index >= 15 is 0 Å². The van der Waals surface area contributed by atoms with Crippen LogP contribution in [0, 0.1) is 6.92 Å². The molecular weight excluding hydrogens is 278 g/mol. The summed E-state index contributed by atoms with van der Waals surface area (Å²) in [4.78, 5) is 8.29. The Balaban J connectivity index is 2.14. The molecule has 4 heteroatoms. The Bertz CT molecular complexity index is 514. The predicted molar refractivity (Wildman–Crippen MR) is 71.5 cm³/mol. The summed E-state index contributed by atoms with van der Waals surface area (Å²) < 4.78 is 0.976. The average Bonchev–Trinajstić information content (AvgIpc) is 2.29. The molecular formula is C13H14BrN3. The molecule has 0 amide bonds. The number of halogens is 1. The van der Waals surface area contributed by atoms with Crippen LogP contribution >= 0.6 is 15.9 Å². The predicted octanol–water partition coefficient (Wildman–Crippen LogP) is 2.79. The first-order chi connectivity index (χ1) is 8.15. The fourth-order valence-electron chi connectivity index (χ4n) is 1.72. The maximum Gasteiger partial charge on any atom is 0.0410 e. The molecule has 0 aliphatic heterocycles. The van der Waals surface area contributed by atoms with Gasteiger partial charge < -0.3 is 5.73 Å². The molecule has 2 rings (SSSR count). The van der Waals surface area contributed by atoms with Gasteiger partial charge in [-0.1, -0.05) is 6.07 Å². The van der Waals surface area contributed by atoms with Gasteiger partial charge in [0.2, 0.25) is 0 Å². The van der Waals surface area contributed by atoms with Crippen molar-refractivity contribution in [2.24, 2.45) is 5.73 Å². The second kappa shape index (κ2) is 5.38. The summed E-state index contributed by atoms with van der Waals surface area (Å²) in [5, 5.41) is 0. The van der Waals surface area contributed by atoms with Crippen LogP contribution in [0.25, 0.3) is 0 Å². The third-order valence-electron chi connectivity index (χ3n) is 2.54. The van der Waals surface area contributed by atoms with E-state index < -0.39 is 0 Å². The van der Waals surface area contributed by atoms with Crippen LogP contribution in [-0.4, -0.2) is 9.97 Å². The summed E-state index contributed by atoms with van der Waals surface area (Å²) in [5.74, 6) is 0. The van der Waals surface area contributed by atoms with E-state index in [9.17, 15) is 0 Å². The highest BCUT2D eigenvalue weighted by atomic mass is 79.9. The maximum absolute atomic E-state index is 6.16. The number of aryl methyl sites for hydroxylation is 1. The third-order valence-corrected chi connectivity index (χ3v) is 2.98. The van der Waals surface area contributed by atoms with E-state index in [-0.39, 0.29) is 6.04 Å². The maximum atomic E-state index is 6.16. The number of rotatable bonds is 3. The highest BCUT2D eigenvalue weighted by molar-refractivity contribution is 9.10. The molecule has 2 aromatic heterocycles. The monoisotopic (exact) mass is 291 g/mol. The Hall–Kier alpha value is -1.26. The SMILES string of the molecule is Cc1cncc(C(N)Cc2cncc(Br)c2)c1. The van der Waals surface area contributed by atoms with Crippen LogP contribution in [0.3, 0.4) is 0 Å². The fraction of sp³-hybridized carbons (Fsp3) is 0.231. The minimum atomic E-state index is -0.0431. The number of nitrogens with zero attached hydrogens (tertiary/aromatic N) is 2. The van der Waals surface area contributed by atoms with Gasteiger partial charge in [-0.15, -0.1) is 0 Å². The second-order valence-electron chi connectivity index (χ2n) is 4.12. The third kappa shape index (κ3) is 3.35. The Kier molecular flexibility index (Phi) is 3.86. The fourth-order valence-corrected chi connectivity index (χ4v) is 2.13. The first-order valence-electron chi connectivity index (χ1n) is 5.41. The van der Waals surface area contributed by atoms with Crippen LogP contribution in [0.1, 0.15) is 22.7 Å². The summed E-state index contributed by atoms with van der Waals surface area (Å²) in [5.41, 5.74) is 9.47. The van der Waals surface area contributed by atoms with Crippen LogP contribution in [-0.2, 0) is 6.42 Å². The van der Waals surface area contributed by atoms with Crippen LogP contribution in [0.4, 0.5) is 0 Å². The van der Waals surface area contributed by atoms with E-state index in [1.807, 2.05) is 31.6 Å². The molecule has 88 valence electrons. The molecule has 0 saturated heterocycles. The van der Waals surface area contributed by atoms with Crippen molar-refractivity contribution >= 4 is 15.9 Å². The normalized spacial score (nSPS) is 12.4. The van der Waals surface area contributed by atoms with E-state index in [0.29, 0.717) is 0 Å². The highest BCUT2D eigenvalue weighted by Crippen LogP contribution is 2.18. The Morgan fingerprint density at radius 2 is 1.94 bits per heavy atom. The van der Waals surface area contributed by atoms with E-state index in [2.05, 4.69) is 32.0 Å². The molecule has 0 aliphatic carbocycles. The zero-order chi connectivity index (χ0) is 12.3. The lowest BCUT2D eigenvalue weighted by Gasteiger charge is -2.12. The van der Waals surface area contributed by atoms with Crippen molar-refractivity contribution in [2.75, 3.05) is 0 Å². The highest BCUT2D eigenvalue weighted by Gasteiger charge is 2.08. The topological polar surface area (TPSA) is 51.8 Å². The van der Waals surface area contributed by atoms with E-state index in [1.54, 1.807) is 6.20 Å². The van der Waals surface area contributed by atoms with Gasteiger partial charge in [0.1, 0.15) is 0 Å². The van der Waals surface area contributed by atoms with E-state index in [4.69, 9.17) is 5.73 Å². The molecule has 3 nitrogen and oxygen atoms in total. The van der Waals surface area contributed by atoms with Crippen molar-refractivity contribution in [1.29, 1.82) is 0 Å². The minimum absolute atomic E-state index is 0.0431. The van der Waals surface area contributed by atoms with Crippen LogP contribution in [0.2, 0.25) is 0 Å². The standard InChI is InChI=1S/C13H14BrN3/c1-9-2-11(7-16-5-9)13(15)4-10-3-12(14)8-17-6-10/h2-3,5-8,13H,4,15H2,1H3. The van der Waals surface area contributed by atoms with Crippen molar-refractivity contribution in [1.82, 2.24) is 9.97 Å². The van der Waals surface area contributed by atoms with Crippen molar-refractivity contribution < 1.29 is 0 Å². The van der Waals surface area contributed by atoms with Crippen molar-refractivity contribution in [3.63, 3.8) is 0 Å².